The zero-order chi connectivity index (χ0) is 13.8. The van der Waals surface area contributed by atoms with Crippen LogP contribution in [0.3, 0.4) is 0 Å². The second kappa shape index (κ2) is 6.22. The zero-order valence-corrected chi connectivity index (χ0v) is 12.4. The molecule has 19 heavy (non-hydrogen) atoms. The Bertz CT molecular complexity index is 613. The molecule has 0 fully saturated rings. The van der Waals surface area contributed by atoms with Crippen molar-refractivity contribution < 1.29 is 4.79 Å². The van der Waals surface area contributed by atoms with Crippen molar-refractivity contribution in [1.29, 1.82) is 0 Å². The molecule has 0 saturated carbocycles. The van der Waals surface area contributed by atoms with Gasteiger partial charge in [0, 0.05) is 11.8 Å². The van der Waals surface area contributed by atoms with Crippen LogP contribution in [0.25, 0.3) is 0 Å². The average Bonchev–Trinajstić information content (AvgIpc) is 2.40. The van der Waals surface area contributed by atoms with Gasteiger partial charge in [0.15, 0.2) is 5.78 Å². The van der Waals surface area contributed by atoms with Crippen LogP contribution in [0.1, 0.15) is 21.5 Å². The van der Waals surface area contributed by atoms with Crippen LogP contribution in [0.2, 0.25) is 5.02 Å². The molecule has 2 rings (SSSR count). The molecule has 2 aromatic rings. The molecule has 1 aromatic carbocycles. The number of rotatable bonds is 4. The van der Waals surface area contributed by atoms with E-state index in [0.717, 1.165) is 11.1 Å². The van der Waals surface area contributed by atoms with E-state index in [1.165, 1.54) is 17.3 Å². The molecule has 0 spiro atoms. The number of Topliss-reactive ketones (excluding diaryl/α,β-unsaturated/α-hetero) is 1. The van der Waals surface area contributed by atoms with Crippen LogP contribution in [0.5, 0.6) is 0 Å². The molecule has 4 heteroatoms. The number of carbonyl (C=O) groups excluding carboxylic acids is 1. The molecule has 0 saturated heterocycles. The molecule has 0 aliphatic rings. The quantitative estimate of drug-likeness (QED) is 0.620. The van der Waals surface area contributed by atoms with Gasteiger partial charge in [-0.25, -0.2) is 4.98 Å². The summed E-state index contributed by atoms with van der Waals surface area (Å²) in [6, 6.07) is 9.32. The fraction of sp³-hybridized carbons (Fsp3) is 0.200. The number of aryl methyl sites for hydroxylation is 2. The number of thioether (sulfide) groups is 1. The van der Waals surface area contributed by atoms with Crippen LogP contribution in [0.4, 0.5) is 0 Å². The van der Waals surface area contributed by atoms with Crippen molar-refractivity contribution in [2.75, 3.05) is 5.75 Å². The Hall–Kier alpha value is -1.32. The van der Waals surface area contributed by atoms with Gasteiger partial charge in [-0.2, -0.15) is 0 Å². The van der Waals surface area contributed by atoms with Gasteiger partial charge >= 0.3 is 0 Å². The highest BCUT2D eigenvalue weighted by molar-refractivity contribution is 8.00. The van der Waals surface area contributed by atoms with Gasteiger partial charge < -0.3 is 0 Å². The molecule has 0 unspecified atom stereocenters. The van der Waals surface area contributed by atoms with Crippen LogP contribution in [0.15, 0.2) is 41.6 Å². The first-order valence-corrected chi connectivity index (χ1v) is 7.28. The standard InChI is InChI=1S/C15H14ClNOS/c1-10-5-6-12(8-11(10)2)14(18)9-19-15-13(16)4-3-7-17-15/h3-8H,9H2,1-2H3. The first-order valence-electron chi connectivity index (χ1n) is 5.91. The van der Waals surface area contributed by atoms with Crippen LogP contribution in [-0.2, 0) is 0 Å². The van der Waals surface area contributed by atoms with Gasteiger partial charge in [0.25, 0.3) is 0 Å². The maximum Gasteiger partial charge on any atom is 0.173 e. The fourth-order valence-corrected chi connectivity index (χ4v) is 2.67. The Labute approximate surface area is 122 Å². The van der Waals surface area contributed by atoms with Crippen molar-refractivity contribution in [2.24, 2.45) is 0 Å². The molecule has 0 atom stereocenters. The number of halogens is 1. The topological polar surface area (TPSA) is 30.0 Å². The Kier molecular flexibility index (Phi) is 4.61. The van der Waals surface area contributed by atoms with Crippen LogP contribution < -0.4 is 0 Å². The maximum absolute atomic E-state index is 12.1. The number of hydrogen-bond acceptors (Lipinski definition) is 3. The highest BCUT2D eigenvalue weighted by atomic mass is 35.5. The third-order valence-electron chi connectivity index (χ3n) is 2.89. The van der Waals surface area contributed by atoms with E-state index in [4.69, 9.17) is 11.6 Å². The van der Waals surface area contributed by atoms with E-state index >= 15 is 0 Å². The summed E-state index contributed by atoms with van der Waals surface area (Å²) in [5.74, 6) is 0.439. The van der Waals surface area contributed by atoms with E-state index in [9.17, 15) is 4.79 Å². The minimum Gasteiger partial charge on any atom is -0.293 e. The van der Waals surface area contributed by atoms with Gasteiger partial charge in [-0.05, 0) is 43.2 Å². The smallest absolute Gasteiger partial charge is 0.173 e. The number of carbonyl (C=O) groups is 1. The van der Waals surface area contributed by atoms with Crippen LogP contribution in [-0.4, -0.2) is 16.5 Å². The highest BCUT2D eigenvalue weighted by Gasteiger charge is 2.09. The molecule has 1 aromatic heterocycles. The van der Waals surface area contributed by atoms with E-state index < -0.39 is 0 Å². The monoisotopic (exact) mass is 291 g/mol. The predicted molar refractivity (Wildman–Crippen MR) is 80.2 cm³/mol. The van der Waals surface area contributed by atoms with Crippen LogP contribution in [0, 0.1) is 13.8 Å². The molecule has 0 bridgehead atoms. The molecule has 0 N–H and O–H groups in total. The summed E-state index contributed by atoms with van der Waals surface area (Å²) in [5.41, 5.74) is 3.06. The minimum atomic E-state index is 0.0924. The van der Waals surface area contributed by atoms with Crippen molar-refractivity contribution in [2.45, 2.75) is 18.9 Å². The van der Waals surface area contributed by atoms with Gasteiger partial charge in [0.05, 0.1) is 10.8 Å². The van der Waals surface area contributed by atoms with E-state index in [-0.39, 0.29) is 5.78 Å². The molecular formula is C15H14ClNOS. The lowest BCUT2D eigenvalue weighted by atomic mass is 10.0. The first-order chi connectivity index (χ1) is 9.08. The summed E-state index contributed by atoms with van der Waals surface area (Å²) < 4.78 is 0. The number of pyridine rings is 1. The lowest BCUT2D eigenvalue weighted by Crippen LogP contribution is -2.03. The van der Waals surface area contributed by atoms with E-state index in [2.05, 4.69) is 4.98 Å². The summed E-state index contributed by atoms with van der Waals surface area (Å²) in [4.78, 5) is 16.3. The number of hydrogen-bond donors (Lipinski definition) is 0. The molecule has 0 aliphatic heterocycles. The molecule has 2 nitrogen and oxygen atoms in total. The first kappa shape index (κ1) is 14.1. The van der Waals surface area contributed by atoms with Crippen molar-refractivity contribution in [3.8, 4) is 0 Å². The molecule has 0 amide bonds. The van der Waals surface area contributed by atoms with Gasteiger partial charge in [0.1, 0.15) is 5.03 Å². The lowest BCUT2D eigenvalue weighted by molar-refractivity contribution is 0.102. The number of ketones is 1. The maximum atomic E-state index is 12.1. The minimum absolute atomic E-state index is 0.0924. The lowest BCUT2D eigenvalue weighted by Gasteiger charge is -2.05. The van der Waals surface area contributed by atoms with Gasteiger partial charge in [0.2, 0.25) is 0 Å². The summed E-state index contributed by atoms with van der Waals surface area (Å²) in [5, 5.41) is 1.28. The number of aromatic nitrogens is 1. The second-order valence-electron chi connectivity index (χ2n) is 4.30. The predicted octanol–water partition coefficient (Wildman–Crippen LogP) is 4.33. The van der Waals surface area contributed by atoms with Crippen molar-refractivity contribution in [1.82, 2.24) is 4.98 Å². The number of benzene rings is 1. The normalized spacial score (nSPS) is 10.5. The molecule has 1 heterocycles. The van der Waals surface area contributed by atoms with Gasteiger partial charge in [-0.15, -0.1) is 0 Å². The van der Waals surface area contributed by atoms with Crippen molar-refractivity contribution >= 4 is 29.1 Å². The van der Waals surface area contributed by atoms with E-state index in [1.54, 1.807) is 18.3 Å². The summed E-state index contributed by atoms with van der Waals surface area (Å²) in [6.07, 6.45) is 1.68. The Balaban J connectivity index is 2.05. The summed E-state index contributed by atoms with van der Waals surface area (Å²) in [7, 11) is 0. The van der Waals surface area contributed by atoms with E-state index in [0.29, 0.717) is 15.8 Å². The van der Waals surface area contributed by atoms with Crippen molar-refractivity contribution in [3.63, 3.8) is 0 Å². The average molecular weight is 292 g/mol. The Morgan fingerprint density at radius 3 is 2.74 bits per heavy atom. The summed E-state index contributed by atoms with van der Waals surface area (Å²) in [6.45, 7) is 4.04. The SMILES string of the molecule is Cc1ccc(C(=O)CSc2ncccc2Cl)cc1C. The van der Waals surface area contributed by atoms with Gasteiger partial charge in [-0.1, -0.05) is 35.5 Å². The fourth-order valence-electron chi connectivity index (χ4n) is 1.61. The van der Waals surface area contributed by atoms with E-state index in [1.807, 2.05) is 32.0 Å². The highest BCUT2D eigenvalue weighted by Crippen LogP contribution is 2.25. The van der Waals surface area contributed by atoms with Crippen molar-refractivity contribution in [3.05, 3.63) is 58.2 Å². The third kappa shape index (κ3) is 3.58. The second-order valence-corrected chi connectivity index (χ2v) is 5.67. The third-order valence-corrected chi connectivity index (χ3v) is 4.32. The molecular weight excluding hydrogens is 278 g/mol. The van der Waals surface area contributed by atoms with Crippen LogP contribution >= 0.6 is 23.4 Å². The Morgan fingerprint density at radius 1 is 1.26 bits per heavy atom. The zero-order valence-electron chi connectivity index (χ0n) is 10.8. The molecule has 0 radical (unpaired) electrons. The molecule has 0 aliphatic carbocycles. The number of nitrogens with zero attached hydrogens (tertiary/aromatic N) is 1. The molecule has 98 valence electrons. The summed E-state index contributed by atoms with van der Waals surface area (Å²) >= 11 is 7.37. The van der Waals surface area contributed by atoms with Gasteiger partial charge in [-0.3, -0.25) is 4.79 Å². The Morgan fingerprint density at radius 2 is 2.05 bits per heavy atom. The largest absolute Gasteiger partial charge is 0.293 e.